The van der Waals surface area contributed by atoms with Gasteiger partial charge in [-0.2, -0.15) is 13.8 Å². The van der Waals surface area contributed by atoms with Crippen LogP contribution in [0.3, 0.4) is 0 Å². The van der Waals surface area contributed by atoms with Crippen LogP contribution < -0.4 is 5.43 Å². The lowest BCUT2D eigenvalue weighted by atomic mass is 10.1. The van der Waals surface area contributed by atoms with E-state index in [0.29, 0.717) is 16.6 Å². The Bertz CT molecular complexity index is 638. The van der Waals surface area contributed by atoms with Crippen LogP contribution in [-0.2, 0) is 19.7 Å². The predicted octanol–water partition coefficient (Wildman–Crippen LogP) is 1.24. The number of carboxylic acids is 1. The summed E-state index contributed by atoms with van der Waals surface area (Å²) in [7, 11) is 3.54. The lowest BCUT2D eigenvalue weighted by molar-refractivity contribution is -0.925. The number of amides is 1. The van der Waals surface area contributed by atoms with Gasteiger partial charge in [-0.15, -0.1) is 0 Å². The van der Waals surface area contributed by atoms with Crippen molar-refractivity contribution in [2.45, 2.75) is 44.9 Å². The molecule has 1 atom stereocenters. The van der Waals surface area contributed by atoms with E-state index in [2.05, 4.69) is 18.9 Å². The minimum atomic E-state index is -4.67. The van der Waals surface area contributed by atoms with Crippen molar-refractivity contribution in [3.05, 3.63) is 12.2 Å². The fraction of sp³-hybridized carbons (Fsp3) is 0.765. The van der Waals surface area contributed by atoms with Gasteiger partial charge in [-0.25, -0.2) is 9.39 Å². The number of carbonyl (C=O) groups is 2. The first kappa shape index (κ1) is 27.7. The number of hydrogen-bond acceptors (Lipinski definition) is 4. The molecule has 0 aliphatic carbocycles. The van der Waals surface area contributed by atoms with Crippen LogP contribution in [0.2, 0.25) is 0 Å². The van der Waals surface area contributed by atoms with Crippen molar-refractivity contribution in [1.82, 2.24) is 5.43 Å². The third kappa shape index (κ3) is 7.96. The topological polar surface area (TPSA) is 121 Å². The van der Waals surface area contributed by atoms with Crippen molar-refractivity contribution in [3.8, 4) is 0 Å². The van der Waals surface area contributed by atoms with Crippen molar-refractivity contribution in [2.75, 3.05) is 41.8 Å². The molecule has 0 saturated carbocycles. The zero-order valence-electron chi connectivity index (χ0n) is 17.9. The van der Waals surface area contributed by atoms with E-state index in [0.717, 1.165) is 13.0 Å². The Morgan fingerprint density at radius 3 is 1.70 bits per heavy atom. The zero-order chi connectivity index (χ0) is 22.3. The molecule has 0 radical (unpaired) electrons. The standard InChI is InChI=1S/C9H18N2O.C8H17NO5S/c1-6-7-11(4,5)10-9(12)8(2)3;1-5-6-8(7(10)11,9(2,3)4)15(12,13)14/h2,6-7H2,1,3-5H3;5-6H2,1-4H3,(H-,10,11,12,13,14)/p+2. The highest BCUT2D eigenvalue weighted by atomic mass is 32.2. The summed E-state index contributed by atoms with van der Waals surface area (Å²) in [6, 6.07) is 0. The lowest BCUT2D eigenvalue weighted by Crippen LogP contribution is -2.66. The molecule has 160 valence electrons. The van der Waals surface area contributed by atoms with Crippen molar-refractivity contribution < 1.29 is 36.7 Å². The van der Waals surface area contributed by atoms with Crippen molar-refractivity contribution in [3.63, 3.8) is 0 Å². The number of carboxylic acid groups (broad SMARTS) is 1. The molecule has 0 aliphatic rings. The van der Waals surface area contributed by atoms with Gasteiger partial charge in [0.1, 0.15) is 6.54 Å². The van der Waals surface area contributed by atoms with Gasteiger partial charge in [0.15, 0.2) is 0 Å². The fourth-order valence-electron chi connectivity index (χ4n) is 2.64. The Morgan fingerprint density at radius 1 is 1.07 bits per heavy atom. The first-order chi connectivity index (χ1) is 11.9. The third-order valence-corrected chi connectivity index (χ3v) is 5.79. The summed E-state index contributed by atoms with van der Waals surface area (Å²) in [5, 5.41) is 9.07. The van der Waals surface area contributed by atoms with E-state index in [1.54, 1.807) is 13.8 Å². The van der Waals surface area contributed by atoms with Crippen LogP contribution in [-0.4, -0.2) is 85.7 Å². The molecular weight excluding hydrogens is 374 g/mol. The summed E-state index contributed by atoms with van der Waals surface area (Å²) >= 11 is 0. The second-order valence-electron chi connectivity index (χ2n) is 7.96. The van der Waals surface area contributed by atoms with E-state index in [1.165, 1.54) is 21.1 Å². The lowest BCUT2D eigenvalue weighted by Gasteiger charge is -2.39. The Morgan fingerprint density at radius 2 is 1.52 bits per heavy atom. The molecule has 27 heavy (non-hydrogen) atoms. The van der Waals surface area contributed by atoms with E-state index in [-0.39, 0.29) is 16.8 Å². The maximum absolute atomic E-state index is 11.3. The quantitative estimate of drug-likeness (QED) is 0.227. The highest BCUT2D eigenvalue weighted by Gasteiger charge is 2.61. The van der Waals surface area contributed by atoms with Gasteiger partial charge in [0.2, 0.25) is 0 Å². The molecule has 0 aliphatic heterocycles. The van der Waals surface area contributed by atoms with Gasteiger partial charge in [-0.05, 0) is 19.8 Å². The number of nitrogens with zero attached hydrogens (tertiary/aromatic N) is 2. The van der Waals surface area contributed by atoms with Crippen LogP contribution in [0, 0.1) is 0 Å². The van der Waals surface area contributed by atoms with E-state index < -0.39 is 21.0 Å². The first-order valence-corrected chi connectivity index (χ1v) is 10.2. The molecule has 0 spiro atoms. The molecule has 10 heteroatoms. The van der Waals surface area contributed by atoms with Gasteiger partial charge in [0, 0.05) is 12.0 Å². The Kier molecular flexibility index (Phi) is 10.4. The summed E-state index contributed by atoms with van der Waals surface area (Å²) < 4.78 is 31.9. The zero-order valence-corrected chi connectivity index (χ0v) is 18.7. The largest absolute Gasteiger partial charge is 0.476 e. The number of nitrogens with one attached hydrogen (secondary N) is 1. The number of carbonyl (C=O) groups excluding carboxylic acids is 1. The number of hydrogen-bond donors (Lipinski definition) is 3. The van der Waals surface area contributed by atoms with Gasteiger partial charge < -0.3 is 9.59 Å². The van der Waals surface area contributed by atoms with Gasteiger partial charge in [-0.3, -0.25) is 9.35 Å². The first-order valence-electron chi connectivity index (χ1n) is 8.72. The fourth-order valence-corrected chi connectivity index (χ4v) is 4.01. The average molecular weight is 412 g/mol. The number of rotatable bonds is 9. The van der Waals surface area contributed by atoms with Gasteiger partial charge in [-0.1, -0.05) is 20.4 Å². The summed E-state index contributed by atoms with van der Waals surface area (Å²) in [6.45, 7) is 9.97. The SMILES string of the molecule is C=C(C)C(=O)N[N+](C)(C)CCC.CCCC(C(=O)O)([N+](C)(C)C)S(=O)(=O)O. The van der Waals surface area contributed by atoms with Crippen molar-refractivity contribution in [2.24, 2.45) is 0 Å². The van der Waals surface area contributed by atoms with Crippen LogP contribution in [0.15, 0.2) is 12.2 Å². The van der Waals surface area contributed by atoms with Gasteiger partial charge in [0.25, 0.3) is 5.91 Å². The van der Waals surface area contributed by atoms with Crippen LogP contribution in [0.4, 0.5) is 0 Å². The summed E-state index contributed by atoms with van der Waals surface area (Å²) in [6.07, 6.45) is 1.26. The molecule has 0 aromatic carbocycles. The highest BCUT2D eigenvalue weighted by Crippen LogP contribution is 2.30. The summed E-state index contributed by atoms with van der Waals surface area (Å²) in [5.74, 6) is -1.60. The molecular formula is C17H37N3O6S+2. The molecule has 1 amide bonds. The monoisotopic (exact) mass is 411 g/mol. The van der Waals surface area contributed by atoms with E-state index in [4.69, 9.17) is 9.66 Å². The van der Waals surface area contributed by atoms with Gasteiger partial charge in [0.05, 0.1) is 35.2 Å². The summed E-state index contributed by atoms with van der Waals surface area (Å²) in [5.41, 5.74) is 3.41. The number of aliphatic carboxylic acids is 1. The van der Waals surface area contributed by atoms with Gasteiger partial charge >= 0.3 is 21.0 Å². The highest BCUT2D eigenvalue weighted by molar-refractivity contribution is 7.87. The van der Waals surface area contributed by atoms with Crippen molar-refractivity contribution >= 4 is 22.0 Å². The Hall–Kier alpha value is -1.49. The molecule has 0 aromatic rings. The van der Waals surface area contributed by atoms with Crippen molar-refractivity contribution in [1.29, 1.82) is 0 Å². The normalized spacial score (nSPS) is 14.4. The minimum absolute atomic E-state index is 0.0755. The molecule has 0 aromatic heterocycles. The predicted molar refractivity (Wildman–Crippen MR) is 105 cm³/mol. The summed E-state index contributed by atoms with van der Waals surface area (Å²) in [4.78, 5) is 20.2. The van der Waals surface area contributed by atoms with Crippen LogP contribution in [0.5, 0.6) is 0 Å². The minimum Gasteiger partial charge on any atom is -0.476 e. The van der Waals surface area contributed by atoms with Crippen LogP contribution in [0.1, 0.15) is 40.0 Å². The third-order valence-electron chi connectivity index (χ3n) is 4.01. The number of quaternary nitrogens is 2. The molecule has 9 nitrogen and oxygen atoms in total. The van der Waals surface area contributed by atoms with E-state index >= 15 is 0 Å². The van der Waals surface area contributed by atoms with E-state index in [9.17, 15) is 18.0 Å². The van der Waals surface area contributed by atoms with E-state index in [1.807, 2.05) is 14.1 Å². The molecule has 1 unspecified atom stereocenters. The average Bonchev–Trinajstić information content (AvgIpc) is 2.41. The van der Waals surface area contributed by atoms with Crippen LogP contribution in [0.25, 0.3) is 0 Å². The molecule has 0 fully saturated rings. The molecule has 0 rings (SSSR count). The Labute approximate surface area is 163 Å². The molecule has 0 heterocycles. The molecule has 3 N–H and O–H groups in total. The molecule has 0 saturated heterocycles. The maximum Gasteiger partial charge on any atom is 0.384 e. The second kappa shape index (κ2) is 10.2. The number of likely N-dealkylation sites (N-methyl/N-ethyl adjacent to an activating group) is 1. The smallest absolute Gasteiger partial charge is 0.384 e. The second-order valence-corrected chi connectivity index (χ2v) is 9.58. The maximum atomic E-state index is 11.3. The Balaban J connectivity index is 0. The van der Waals surface area contributed by atoms with Crippen LogP contribution >= 0.6 is 0 Å². The molecule has 0 bridgehead atoms.